The number of nitrogens with one attached hydrogen (secondary N) is 2. The number of urea groups is 1. The van der Waals surface area contributed by atoms with Crippen LogP contribution in [-0.2, 0) is 6.54 Å². The molecule has 0 fully saturated rings. The van der Waals surface area contributed by atoms with Crippen molar-refractivity contribution in [3.8, 4) is 12.3 Å². The number of amides is 2. The number of hydrogen-bond acceptors (Lipinski definition) is 3. The lowest BCUT2D eigenvalue weighted by molar-refractivity contribution is 0.241. The van der Waals surface area contributed by atoms with E-state index in [-0.39, 0.29) is 12.6 Å². The van der Waals surface area contributed by atoms with Gasteiger partial charge in [-0.3, -0.25) is 0 Å². The Morgan fingerprint density at radius 2 is 2.54 bits per heavy atom. The maximum atomic E-state index is 10.9. The summed E-state index contributed by atoms with van der Waals surface area (Å²) in [6.45, 7) is 0.539. The van der Waals surface area contributed by atoms with E-state index in [2.05, 4.69) is 26.2 Å². The highest BCUT2D eigenvalue weighted by atomic mass is 16.5. The van der Waals surface area contributed by atoms with Crippen LogP contribution in [0.5, 0.6) is 0 Å². The monoisotopic (exact) mass is 179 g/mol. The van der Waals surface area contributed by atoms with Crippen molar-refractivity contribution < 1.29 is 9.32 Å². The van der Waals surface area contributed by atoms with E-state index in [1.165, 1.54) is 6.26 Å². The van der Waals surface area contributed by atoms with Crippen LogP contribution >= 0.6 is 0 Å². The highest BCUT2D eigenvalue weighted by Gasteiger charge is 1.99. The van der Waals surface area contributed by atoms with Crippen LogP contribution in [0.1, 0.15) is 5.69 Å². The Morgan fingerprint density at radius 3 is 3.15 bits per heavy atom. The number of nitrogens with zero attached hydrogens (tertiary/aromatic N) is 1. The SMILES string of the molecule is C#CCNC(=O)NCc1ccon1. The van der Waals surface area contributed by atoms with Gasteiger partial charge in [0.1, 0.15) is 12.0 Å². The van der Waals surface area contributed by atoms with Crippen LogP contribution < -0.4 is 10.6 Å². The molecular weight excluding hydrogens is 170 g/mol. The molecule has 2 amide bonds. The second kappa shape index (κ2) is 4.83. The molecule has 0 saturated carbocycles. The van der Waals surface area contributed by atoms with Crippen molar-refractivity contribution in [2.24, 2.45) is 0 Å². The molecule has 1 heterocycles. The van der Waals surface area contributed by atoms with Gasteiger partial charge >= 0.3 is 6.03 Å². The van der Waals surface area contributed by atoms with Gasteiger partial charge in [-0.2, -0.15) is 0 Å². The zero-order chi connectivity index (χ0) is 9.52. The Balaban J connectivity index is 2.20. The van der Waals surface area contributed by atoms with Gasteiger partial charge < -0.3 is 15.2 Å². The van der Waals surface area contributed by atoms with Crippen molar-refractivity contribution in [2.45, 2.75) is 6.54 Å². The van der Waals surface area contributed by atoms with Crippen molar-refractivity contribution in [3.63, 3.8) is 0 Å². The minimum Gasteiger partial charge on any atom is -0.364 e. The van der Waals surface area contributed by atoms with Crippen molar-refractivity contribution in [1.82, 2.24) is 15.8 Å². The maximum absolute atomic E-state index is 10.9. The Labute approximate surface area is 75.5 Å². The molecule has 0 unspecified atom stereocenters. The zero-order valence-corrected chi connectivity index (χ0v) is 6.91. The van der Waals surface area contributed by atoms with E-state index in [4.69, 9.17) is 6.42 Å². The molecule has 0 bridgehead atoms. The van der Waals surface area contributed by atoms with E-state index in [9.17, 15) is 4.79 Å². The van der Waals surface area contributed by atoms with Crippen molar-refractivity contribution in [3.05, 3.63) is 18.0 Å². The summed E-state index contributed by atoms with van der Waals surface area (Å²) in [6, 6.07) is 1.35. The first-order valence-electron chi connectivity index (χ1n) is 3.67. The normalized spacial score (nSPS) is 8.85. The standard InChI is InChI=1S/C8H9N3O2/c1-2-4-9-8(12)10-6-7-3-5-13-11-7/h1,3,5H,4,6H2,(H2,9,10,12). The van der Waals surface area contributed by atoms with E-state index >= 15 is 0 Å². The molecule has 68 valence electrons. The Hall–Kier alpha value is -1.96. The molecular formula is C8H9N3O2. The first kappa shape index (κ1) is 9.13. The van der Waals surface area contributed by atoms with E-state index < -0.39 is 0 Å². The minimum atomic E-state index is -0.319. The third-order valence-corrected chi connectivity index (χ3v) is 1.27. The molecule has 0 radical (unpaired) electrons. The van der Waals surface area contributed by atoms with Crippen LogP contribution in [0, 0.1) is 12.3 Å². The molecule has 0 aliphatic heterocycles. The van der Waals surface area contributed by atoms with Crippen LogP contribution in [0.15, 0.2) is 16.9 Å². The summed E-state index contributed by atoms with van der Waals surface area (Å²) in [5, 5.41) is 8.61. The van der Waals surface area contributed by atoms with Crippen molar-refractivity contribution in [2.75, 3.05) is 6.54 Å². The van der Waals surface area contributed by atoms with Gasteiger partial charge in [0.25, 0.3) is 0 Å². The predicted molar refractivity (Wildman–Crippen MR) is 45.6 cm³/mol. The average Bonchev–Trinajstić information content (AvgIpc) is 2.64. The lowest BCUT2D eigenvalue weighted by atomic mass is 10.4. The van der Waals surface area contributed by atoms with Gasteiger partial charge in [0.15, 0.2) is 0 Å². The smallest absolute Gasteiger partial charge is 0.315 e. The van der Waals surface area contributed by atoms with Gasteiger partial charge in [0, 0.05) is 6.07 Å². The second-order valence-corrected chi connectivity index (χ2v) is 2.23. The molecule has 0 aromatic carbocycles. The molecule has 0 atom stereocenters. The van der Waals surface area contributed by atoms with Crippen molar-refractivity contribution in [1.29, 1.82) is 0 Å². The number of aromatic nitrogens is 1. The molecule has 2 N–H and O–H groups in total. The van der Waals surface area contributed by atoms with E-state index in [0.717, 1.165) is 0 Å². The van der Waals surface area contributed by atoms with E-state index in [0.29, 0.717) is 12.2 Å². The van der Waals surface area contributed by atoms with Crippen LogP contribution in [-0.4, -0.2) is 17.7 Å². The van der Waals surface area contributed by atoms with Crippen LogP contribution in [0.4, 0.5) is 4.79 Å². The number of carbonyl (C=O) groups excluding carboxylic acids is 1. The summed E-state index contributed by atoms with van der Waals surface area (Å²) in [5.74, 6) is 2.29. The number of terminal acetylenes is 1. The Bertz CT molecular complexity index is 300. The first-order valence-corrected chi connectivity index (χ1v) is 3.67. The van der Waals surface area contributed by atoms with Gasteiger partial charge in [-0.05, 0) is 0 Å². The molecule has 5 nitrogen and oxygen atoms in total. The van der Waals surface area contributed by atoms with Gasteiger partial charge in [0.2, 0.25) is 0 Å². The Kier molecular flexibility index (Phi) is 3.39. The van der Waals surface area contributed by atoms with E-state index in [1.807, 2.05) is 0 Å². The summed E-state index contributed by atoms with van der Waals surface area (Å²) >= 11 is 0. The van der Waals surface area contributed by atoms with Crippen LogP contribution in [0.3, 0.4) is 0 Å². The van der Waals surface area contributed by atoms with Gasteiger partial charge in [-0.1, -0.05) is 11.1 Å². The maximum Gasteiger partial charge on any atom is 0.315 e. The molecule has 1 aromatic rings. The topological polar surface area (TPSA) is 67.2 Å². The third kappa shape index (κ3) is 3.29. The summed E-state index contributed by atoms with van der Waals surface area (Å²) in [5.41, 5.74) is 0.663. The van der Waals surface area contributed by atoms with E-state index in [1.54, 1.807) is 6.07 Å². The second-order valence-electron chi connectivity index (χ2n) is 2.23. The number of rotatable bonds is 3. The average molecular weight is 179 g/mol. The lowest BCUT2D eigenvalue weighted by Crippen LogP contribution is -2.35. The summed E-state index contributed by atoms with van der Waals surface area (Å²) < 4.78 is 4.57. The summed E-state index contributed by atoms with van der Waals surface area (Å²) in [4.78, 5) is 10.9. The molecule has 0 spiro atoms. The van der Waals surface area contributed by atoms with Gasteiger partial charge in [0.05, 0.1) is 13.1 Å². The lowest BCUT2D eigenvalue weighted by Gasteiger charge is -2.01. The quantitative estimate of drug-likeness (QED) is 0.647. The fourth-order valence-corrected chi connectivity index (χ4v) is 0.693. The fourth-order valence-electron chi connectivity index (χ4n) is 0.693. The van der Waals surface area contributed by atoms with Crippen LogP contribution in [0.25, 0.3) is 0 Å². The summed E-state index contributed by atoms with van der Waals surface area (Å²) in [7, 11) is 0. The van der Waals surface area contributed by atoms with Crippen molar-refractivity contribution >= 4 is 6.03 Å². The zero-order valence-electron chi connectivity index (χ0n) is 6.91. The van der Waals surface area contributed by atoms with Gasteiger partial charge in [-0.15, -0.1) is 6.42 Å². The number of carbonyl (C=O) groups is 1. The molecule has 1 aromatic heterocycles. The van der Waals surface area contributed by atoms with Crippen LogP contribution in [0.2, 0.25) is 0 Å². The highest BCUT2D eigenvalue weighted by Crippen LogP contribution is 1.91. The minimum absolute atomic E-state index is 0.213. The molecule has 0 aliphatic carbocycles. The fraction of sp³-hybridized carbons (Fsp3) is 0.250. The first-order chi connectivity index (χ1) is 6.33. The van der Waals surface area contributed by atoms with Gasteiger partial charge in [-0.25, -0.2) is 4.79 Å². The molecule has 0 aliphatic rings. The molecule has 5 heteroatoms. The summed E-state index contributed by atoms with van der Waals surface area (Å²) in [6.07, 6.45) is 6.39. The molecule has 13 heavy (non-hydrogen) atoms. The molecule has 1 rings (SSSR count). The number of hydrogen-bond donors (Lipinski definition) is 2. The predicted octanol–water partition coefficient (Wildman–Crippen LogP) is 0.107. The molecule has 0 saturated heterocycles. The Morgan fingerprint density at radius 1 is 1.69 bits per heavy atom. The third-order valence-electron chi connectivity index (χ3n) is 1.27. The largest absolute Gasteiger partial charge is 0.364 e. The highest BCUT2D eigenvalue weighted by molar-refractivity contribution is 5.73.